The van der Waals surface area contributed by atoms with Crippen LogP contribution in [0.1, 0.15) is 46.0 Å². The highest BCUT2D eigenvalue weighted by Gasteiger charge is 2.34. The van der Waals surface area contributed by atoms with Gasteiger partial charge in [-0.15, -0.1) is 0 Å². The predicted octanol–water partition coefficient (Wildman–Crippen LogP) is 1.99. The van der Waals surface area contributed by atoms with Crippen molar-refractivity contribution in [3.8, 4) is 0 Å². The summed E-state index contributed by atoms with van der Waals surface area (Å²) in [6.07, 6.45) is 6.64. The van der Waals surface area contributed by atoms with Gasteiger partial charge in [0.1, 0.15) is 0 Å². The molecule has 2 rings (SSSR count). The SMILES string of the molecule is CC1CCC(N)C(N2CCCC2C)C1. The minimum Gasteiger partial charge on any atom is -0.326 e. The second-order valence-electron chi connectivity index (χ2n) is 5.38. The Morgan fingerprint density at radius 2 is 1.93 bits per heavy atom. The monoisotopic (exact) mass is 196 g/mol. The van der Waals surface area contributed by atoms with E-state index < -0.39 is 0 Å². The van der Waals surface area contributed by atoms with Crippen molar-refractivity contribution in [3.63, 3.8) is 0 Å². The van der Waals surface area contributed by atoms with Crippen LogP contribution >= 0.6 is 0 Å². The summed E-state index contributed by atoms with van der Waals surface area (Å²) in [7, 11) is 0. The molecule has 1 aliphatic carbocycles. The Kier molecular flexibility index (Phi) is 3.13. The van der Waals surface area contributed by atoms with Crippen molar-refractivity contribution < 1.29 is 0 Å². The van der Waals surface area contributed by atoms with Crippen LogP contribution in [0.25, 0.3) is 0 Å². The topological polar surface area (TPSA) is 29.3 Å². The molecule has 0 aromatic carbocycles. The lowest BCUT2D eigenvalue weighted by Crippen LogP contribution is -2.52. The van der Waals surface area contributed by atoms with E-state index in [0.717, 1.165) is 12.0 Å². The van der Waals surface area contributed by atoms with E-state index >= 15 is 0 Å². The van der Waals surface area contributed by atoms with Crippen LogP contribution in [0.4, 0.5) is 0 Å². The molecule has 1 aliphatic heterocycles. The molecule has 1 saturated heterocycles. The average Bonchev–Trinajstić information content (AvgIpc) is 2.56. The summed E-state index contributed by atoms with van der Waals surface area (Å²) in [5, 5.41) is 0. The van der Waals surface area contributed by atoms with Gasteiger partial charge in [-0.25, -0.2) is 0 Å². The number of hydrogen-bond acceptors (Lipinski definition) is 2. The van der Waals surface area contributed by atoms with Crippen molar-refractivity contribution in [3.05, 3.63) is 0 Å². The third kappa shape index (κ3) is 1.96. The van der Waals surface area contributed by atoms with Crippen molar-refractivity contribution in [1.82, 2.24) is 4.90 Å². The summed E-state index contributed by atoms with van der Waals surface area (Å²) in [6.45, 7) is 6.02. The van der Waals surface area contributed by atoms with Crippen molar-refractivity contribution in [2.24, 2.45) is 11.7 Å². The quantitative estimate of drug-likeness (QED) is 0.695. The maximum Gasteiger partial charge on any atom is 0.0252 e. The maximum atomic E-state index is 6.24. The molecule has 0 aromatic rings. The fraction of sp³-hybridized carbons (Fsp3) is 1.00. The molecule has 0 amide bonds. The minimum absolute atomic E-state index is 0.437. The Balaban J connectivity index is 2.00. The highest BCUT2D eigenvalue weighted by Crippen LogP contribution is 2.31. The fourth-order valence-corrected chi connectivity index (χ4v) is 3.20. The van der Waals surface area contributed by atoms with Gasteiger partial charge in [0.15, 0.2) is 0 Å². The van der Waals surface area contributed by atoms with E-state index in [1.54, 1.807) is 0 Å². The second kappa shape index (κ2) is 4.19. The van der Waals surface area contributed by atoms with Gasteiger partial charge in [0, 0.05) is 18.1 Å². The molecule has 2 nitrogen and oxygen atoms in total. The first-order valence-electron chi connectivity index (χ1n) is 6.20. The first-order chi connectivity index (χ1) is 6.68. The van der Waals surface area contributed by atoms with Gasteiger partial charge in [0.05, 0.1) is 0 Å². The van der Waals surface area contributed by atoms with Crippen molar-refractivity contribution in [2.75, 3.05) is 6.54 Å². The van der Waals surface area contributed by atoms with E-state index in [4.69, 9.17) is 5.73 Å². The predicted molar refractivity (Wildman–Crippen MR) is 60.2 cm³/mol. The number of likely N-dealkylation sites (tertiary alicyclic amines) is 1. The summed E-state index contributed by atoms with van der Waals surface area (Å²) in [5.74, 6) is 0.882. The fourth-order valence-electron chi connectivity index (χ4n) is 3.20. The van der Waals surface area contributed by atoms with E-state index in [1.165, 1.54) is 38.6 Å². The van der Waals surface area contributed by atoms with E-state index in [9.17, 15) is 0 Å². The number of rotatable bonds is 1. The highest BCUT2D eigenvalue weighted by molar-refractivity contribution is 4.92. The van der Waals surface area contributed by atoms with Crippen LogP contribution < -0.4 is 5.73 Å². The zero-order chi connectivity index (χ0) is 10.1. The summed E-state index contributed by atoms with van der Waals surface area (Å²) in [6, 6.07) is 1.89. The maximum absolute atomic E-state index is 6.24. The van der Waals surface area contributed by atoms with Crippen molar-refractivity contribution in [1.29, 1.82) is 0 Å². The molecule has 2 fully saturated rings. The van der Waals surface area contributed by atoms with E-state index in [1.807, 2.05) is 0 Å². The molecule has 4 atom stereocenters. The molecule has 2 aliphatic rings. The normalized spacial score (nSPS) is 45.6. The smallest absolute Gasteiger partial charge is 0.0252 e. The zero-order valence-electron chi connectivity index (χ0n) is 9.58. The zero-order valence-corrected chi connectivity index (χ0v) is 9.58. The van der Waals surface area contributed by atoms with Crippen LogP contribution in [0.15, 0.2) is 0 Å². The molecule has 2 heteroatoms. The van der Waals surface area contributed by atoms with Gasteiger partial charge in [-0.05, 0) is 51.5 Å². The molecule has 1 saturated carbocycles. The van der Waals surface area contributed by atoms with Gasteiger partial charge in [-0.3, -0.25) is 4.90 Å². The Morgan fingerprint density at radius 3 is 2.57 bits per heavy atom. The lowest BCUT2D eigenvalue weighted by atomic mass is 9.83. The van der Waals surface area contributed by atoms with Crippen LogP contribution in [0, 0.1) is 5.92 Å². The lowest BCUT2D eigenvalue weighted by molar-refractivity contribution is 0.111. The van der Waals surface area contributed by atoms with Gasteiger partial charge in [0.2, 0.25) is 0 Å². The first-order valence-corrected chi connectivity index (χ1v) is 6.20. The van der Waals surface area contributed by atoms with Crippen LogP contribution in [0.3, 0.4) is 0 Å². The molecule has 4 unspecified atom stereocenters. The van der Waals surface area contributed by atoms with E-state index in [-0.39, 0.29) is 0 Å². The van der Waals surface area contributed by atoms with Crippen LogP contribution in [-0.2, 0) is 0 Å². The van der Waals surface area contributed by atoms with Gasteiger partial charge in [-0.2, -0.15) is 0 Å². The first kappa shape index (κ1) is 10.4. The molecule has 0 bridgehead atoms. The molecular formula is C12H24N2. The molecule has 0 radical (unpaired) electrons. The molecule has 0 spiro atoms. The third-order valence-corrected chi connectivity index (χ3v) is 4.16. The third-order valence-electron chi connectivity index (χ3n) is 4.16. The van der Waals surface area contributed by atoms with Gasteiger partial charge in [0.25, 0.3) is 0 Å². The van der Waals surface area contributed by atoms with Crippen LogP contribution in [-0.4, -0.2) is 29.6 Å². The Labute approximate surface area is 87.8 Å². The van der Waals surface area contributed by atoms with Crippen molar-refractivity contribution >= 4 is 0 Å². The molecule has 2 N–H and O–H groups in total. The van der Waals surface area contributed by atoms with Crippen LogP contribution in [0.5, 0.6) is 0 Å². The van der Waals surface area contributed by atoms with Crippen LogP contribution in [0.2, 0.25) is 0 Å². The standard InChI is InChI=1S/C12H24N2/c1-9-5-6-11(13)12(8-9)14-7-3-4-10(14)2/h9-12H,3-8,13H2,1-2H3. The van der Waals surface area contributed by atoms with Gasteiger partial charge in [-0.1, -0.05) is 6.92 Å². The van der Waals surface area contributed by atoms with E-state index in [2.05, 4.69) is 18.7 Å². The number of nitrogens with two attached hydrogens (primary N) is 1. The van der Waals surface area contributed by atoms with Gasteiger partial charge >= 0.3 is 0 Å². The van der Waals surface area contributed by atoms with E-state index in [0.29, 0.717) is 12.1 Å². The average molecular weight is 196 g/mol. The molecule has 0 aromatic heterocycles. The lowest BCUT2D eigenvalue weighted by Gasteiger charge is -2.40. The summed E-state index contributed by atoms with van der Waals surface area (Å²) in [4.78, 5) is 2.67. The molecular weight excluding hydrogens is 172 g/mol. The Morgan fingerprint density at radius 1 is 1.14 bits per heavy atom. The minimum atomic E-state index is 0.437. The number of hydrogen-bond donors (Lipinski definition) is 1. The summed E-state index contributed by atoms with van der Waals surface area (Å²) in [5.41, 5.74) is 6.24. The number of nitrogens with zero attached hydrogens (tertiary/aromatic N) is 1. The largest absolute Gasteiger partial charge is 0.326 e. The second-order valence-corrected chi connectivity index (χ2v) is 5.38. The molecule has 82 valence electrons. The molecule has 1 heterocycles. The highest BCUT2D eigenvalue weighted by atomic mass is 15.2. The van der Waals surface area contributed by atoms with Gasteiger partial charge < -0.3 is 5.73 Å². The summed E-state index contributed by atoms with van der Waals surface area (Å²) < 4.78 is 0. The summed E-state index contributed by atoms with van der Waals surface area (Å²) >= 11 is 0. The molecule has 14 heavy (non-hydrogen) atoms. The Bertz CT molecular complexity index is 193. The van der Waals surface area contributed by atoms with Crippen molar-refractivity contribution in [2.45, 2.75) is 64.1 Å². The Hall–Kier alpha value is -0.0800.